The van der Waals surface area contributed by atoms with Crippen LogP contribution in [0.5, 0.6) is 0 Å². The standard InChI is InChI=1S/C14H14ClF4NO5S/c1-2-25-13(22)7-11(14(17,18)19)20(8-12(16)21)26(23,24)10-5-3-4-9(15)6-10/h3-6,11H,2,7-8H2,1H3/t11-/m1/s1. The van der Waals surface area contributed by atoms with Crippen molar-refractivity contribution in [3.05, 3.63) is 29.3 Å². The summed E-state index contributed by atoms with van der Waals surface area (Å²) in [6, 6.07) is -1.14. The molecule has 12 heteroatoms. The normalized spacial score (nSPS) is 13.5. The van der Waals surface area contributed by atoms with Gasteiger partial charge >= 0.3 is 18.2 Å². The van der Waals surface area contributed by atoms with Crippen molar-refractivity contribution in [3.63, 3.8) is 0 Å². The fourth-order valence-electron chi connectivity index (χ4n) is 2.01. The molecule has 1 aromatic rings. The number of hydrogen-bond acceptors (Lipinski definition) is 5. The van der Waals surface area contributed by atoms with Crippen LogP contribution in [0.2, 0.25) is 5.02 Å². The van der Waals surface area contributed by atoms with Crippen LogP contribution in [0.25, 0.3) is 0 Å². The number of halogens is 5. The van der Waals surface area contributed by atoms with Gasteiger partial charge in [0.15, 0.2) is 0 Å². The topological polar surface area (TPSA) is 80.8 Å². The number of rotatable bonds is 8. The molecule has 1 atom stereocenters. The highest BCUT2D eigenvalue weighted by Crippen LogP contribution is 2.32. The van der Waals surface area contributed by atoms with Gasteiger partial charge in [0.25, 0.3) is 0 Å². The molecule has 0 bridgehead atoms. The van der Waals surface area contributed by atoms with Crippen molar-refractivity contribution in [2.45, 2.75) is 30.5 Å². The third-order valence-electron chi connectivity index (χ3n) is 3.07. The molecule has 0 N–H and O–H groups in total. The van der Waals surface area contributed by atoms with Crippen LogP contribution in [0.15, 0.2) is 29.2 Å². The summed E-state index contributed by atoms with van der Waals surface area (Å²) in [6.45, 7) is -0.628. The molecule has 6 nitrogen and oxygen atoms in total. The number of sulfonamides is 1. The SMILES string of the molecule is CCOC(=O)C[C@@H](N(CC(=O)F)S(=O)(=O)c1cccc(Cl)c1)C(F)(F)F. The van der Waals surface area contributed by atoms with E-state index in [4.69, 9.17) is 11.6 Å². The van der Waals surface area contributed by atoms with E-state index in [2.05, 4.69) is 4.74 Å². The zero-order valence-corrected chi connectivity index (χ0v) is 14.9. The minimum Gasteiger partial charge on any atom is -0.466 e. The van der Waals surface area contributed by atoms with Gasteiger partial charge in [-0.2, -0.15) is 21.9 Å². The first-order valence-electron chi connectivity index (χ1n) is 7.07. The lowest BCUT2D eigenvalue weighted by atomic mass is 10.2. The van der Waals surface area contributed by atoms with Crippen molar-refractivity contribution in [1.29, 1.82) is 0 Å². The van der Waals surface area contributed by atoms with Gasteiger partial charge in [0.05, 0.1) is 17.9 Å². The average Bonchev–Trinajstić information content (AvgIpc) is 2.49. The van der Waals surface area contributed by atoms with Gasteiger partial charge in [-0.25, -0.2) is 8.42 Å². The van der Waals surface area contributed by atoms with Gasteiger partial charge in [0, 0.05) is 5.02 Å². The van der Waals surface area contributed by atoms with Crippen LogP contribution >= 0.6 is 11.6 Å². The van der Waals surface area contributed by atoms with E-state index >= 15 is 0 Å². The van der Waals surface area contributed by atoms with Crippen molar-refractivity contribution in [2.24, 2.45) is 0 Å². The molecule has 0 aliphatic rings. The summed E-state index contributed by atoms with van der Waals surface area (Å²) in [5.41, 5.74) is 0. The number of alkyl halides is 3. The zero-order valence-electron chi connectivity index (χ0n) is 13.3. The fourth-order valence-corrected chi connectivity index (χ4v) is 3.86. The third kappa shape index (κ3) is 5.92. The summed E-state index contributed by atoms with van der Waals surface area (Å²) >= 11 is 5.64. The van der Waals surface area contributed by atoms with E-state index in [-0.39, 0.29) is 11.6 Å². The fraction of sp³-hybridized carbons (Fsp3) is 0.429. The number of nitrogens with zero attached hydrogens (tertiary/aromatic N) is 1. The Morgan fingerprint density at radius 3 is 2.38 bits per heavy atom. The van der Waals surface area contributed by atoms with Gasteiger partial charge in [-0.15, -0.1) is 0 Å². The van der Waals surface area contributed by atoms with Gasteiger partial charge in [-0.1, -0.05) is 17.7 Å². The number of benzene rings is 1. The Hall–Kier alpha value is -1.72. The van der Waals surface area contributed by atoms with Gasteiger partial charge in [-0.05, 0) is 25.1 Å². The van der Waals surface area contributed by atoms with Gasteiger partial charge < -0.3 is 4.74 Å². The molecular formula is C14H14ClF4NO5S. The number of carbonyl (C=O) groups excluding carboxylic acids is 2. The quantitative estimate of drug-likeness (QED) is 0.367. The van der Waals surface area contributed by atoms with Crippen molar-refractivity contribution in [2.75, 3.05) is 13.2 Å². The maximum atomic E-state index is 13.4. The molecule has 0 heterocycles. The van der Waals surface area contributed by atoms with Gasteiger partial charge in [-0.3, -0.25) is 9.59 Å². The molecule has 0 fully saturated rings. The summed E-state index contributed by atoms with van der Waals surface area (Å²) in [5.74, 6) is -1.35. The number of esters is 1. The Balaban J connectivity index is 3.43. The average molecular weight is 420 g/mol. The Kier molecular flexibility index (Phi) is 7.54. The van der Waals surface area contributed by atoms with Crippen LogP contribution in [-0.4, -0.2) is 50.1 Å². The van der Waals surface area contributed by atoms with Crippen LogP contribution < -0.4 is 0 Å². The van der Waals surface area contributed by atoms with E-state index in [1.54, 1.807) is 0 Å². The largest absolute Gasteiger partial charge is 0.466 e. The van der Waals surface area contributed by atoms with Gasteiger partial charge in [0.2, 0.25) is 10.0 Å². The number of carbonyl (C=O) groups is 2. The molecule has 0 radical (unpaired) electrons. The second kappa shape index (κ2) is 8.78. The van der Waals surface area contributed by atoms with Crippen molar-refractivity contribution >= 4 is 33.6 Å². The summed E-state index contributed by atoms with van der Waals surface area (Å²) in [5, 5.41) is -0.105. The maximum absolute atomic E-state index is 13.4. The van der Waals surface area contributed by atoms with Crippen molar-refractivity contribution in [1.82, 2.24) is 4.31 Å². The molecule has 0 aromatic heterocycles. The minimum atomic E-state index is -5.27. The first kappa shape index (κ1) is 22.3. The molecular weight excluding hydrogens is 406 g/mol. The lowest BCUT2D eigenvalue weighted by molar-refractivity contribution is -0.182. The molecule has 0 unspecified atom stereocenters. The van der Waals surface area contributed by atoms with Crippen molar-refractivity contribution in [3.8, 4) is 0 Å². The second-order valence-corrected chi connectivity index (χ2v) is 7.26. The Morgan fingerprint density at radius 1 is 1.31 bits per heavy atom. The summed E-state index contributed by atoms with van der Waals surface area (Å²) in [7, 11) is -5.00. The van der Waals surface area contributed by atoms with E-state index < -0.39 is 56.4 Å². The lowest BCUT2D eigenvalue weighted by Gasteiger charge is -2.30. The van der Waals surface area contributed by atoms with Crippen LogP contribution in [0.3, 0.4) is 0 Å². The second-order valence-electron chi connectivity index (χ2n) is 4.93. The van der Waals surface area contributed by atoms with Crippen molar-refractivity contribution < 1.29 is 40.3 Å². The van der Waals surface area contributed by atoms with Crippen LogP contribution in [0.4, 0.5) is 17.6 Å². The third-order valence-corrected chi connectivity index (χ3v) is 5.16. The predicted octanol–water partition coefficient (Wildman–Crippen LogP) is 2.71. The number of hydrogen-bond donors (Lipinski definition) is 0. The molecule has 0 amide bonds. The minimum absolute atomic E-state index is 0.105. The number of ether oxygens (including phenoxy) is 1. The summed E-state index contributed by atoms with van der Waals surface area (Å²) in [4.78, 5) is 21.5. The summed E-state index contributed by atoms with van der Waals surface area (Å²) < 4.78 is 82.0. The van der Waals surface area contributed by atoms with E-state index in [1.807, 2.05) is 0 Å². The highest BCUT2D eigenvalue weighted by molar-refractivity contribution is 7.89. The maximum Gasteiger partial charge on any atom is 0.405 e. The molecule has 0 saturated heterocycles. The molecule has 146 valence electrons. The zero-order chi connectivity index (χ0) is 20.1. The lowest BCUT2D eigenvalue weighted by Crippen LogP contribution is -2.51. The van der Waals surface area contributed by atoms with Gasteiger partial charge in [0.1, 0.15) is 12.6 Å². The molecule has 1 aromatic carbocycles. The van der Waals surface area contributed by atoms with Crippen LogP contribution in [-0.2, 0) is 24.3 Å². The van der Waals surface area contributed by atoms with E-state index in [9.17, 15) is 35.6 Å². The Bertz CT molecular complexity index is 769. The summed E-state index contributed by atoms with van der Waals surface area (Å²) in [6.07, 6.45) is -6.71. The van der Waals surface area contributed by atoms with E-state index in [0.29, 0.717) is 0 Å². The van der Waals surface area contributed by atoms with Crippen LogP contribution in [0.1, 0.15) is 13.3 Å². The smallest absolute Gasteiger partial charge is 0.405 e. The molecule has 1 rings (SSSR count). The molecule has 0 saturated carbocycles. The first-order valence-corrected chi connectivity index (χ1v) is 8.89. The molecule has 26 heavy (non-hydrogen) atoms. The molecule has 0 aliphatic heterocycles. The molecule has 0 spiro atoms. The predicted molar refractivity (Wildman–Crippen MR) is 82.6 cm³/mol. The highest BCUT2D eigenvalue weighted by atomic mass is 35.5. The van der Waals surface area contributed by atoms with Crippen LogP contribution in [0, 0.1) is 0 Å². The Labute approximate surface area is 151 Å². The monoisotopic (exact) mass is 419 g/mol. The first-order chi connectivity index (χ1) is 11.9. The highest BCUT2D eigenvalue weighted by Gasteiger charge is 2.50. The Morgan fingerprint density at radius 2 is 1.92 bits per heavy atom. The molecule has 0 aliphatic carbocycles. The van der Waals surface area contributed by atoms with E-state index in [0.717, 1.165) is 18.2 Å². The van der Waals surface area contributed by atoms with E-state index in [1.165, 1.54) is 13.0 Å².